The van der Waals surface area contributed by atoms with Crippen LogP contribution < -0.4 is 5.73 Å². The molecule has 0 spiro atoms. The summed E-state index contributed by atoms with van der Waals surface area (Å²) in [6.07, 6.45) is 0.725. The van der Waals surface area contributed by atoms with E-state index in [4.69, 9.17) is 5.73 Å². The Hall–Kier alpha value is -1.67. The number of benzene rings is 1. The lowest BCUT2D eigenvalue weighted by atomic mass is 10.1. The molecule has 8 heteroatoms. The summed E-state index contributed by atoms with van der Waals surface area (Å²) >= 11 is 0. The van der Waals surface area contributed by atoms with Gasteiger partial charge in [0.05, 0.1) is 10.6 Å². The number of hydrogen-bond acceptors (Lipinski definition) is 5. The normalized spacial score (nSPS) is 12.1. The van der Waals surface area contributed by atoms with Crippen molar-refractivity contribution < 1.29 is 13.3 Å². The fourth-order valence-corrected chi connectivity index (χ4v) is 2.89. The Morgan fingerprint density at radius 2 is 2.00 bits per heavy atom. The van der Waals surface area contributed by atoms with Gasteiger partial charge in [-0.25, -0.2) is 12.7 Å². The molecule has 0 bridgehead atoms. The average molecular weight is 301 g/mol. The van der Waals surface area contributed by atoms with E-state index in [-0.39, 0.29) is 16.3 Å². The molecule has 0 unspecified atom stereocenters. The second-order valence-corrected chi connectivity index (χ2v) is 7.00. The number of anilines is 1. The van der Waals surface area contributed by atoms with Gasteiger partial charge in [-0.2, -0.15) is 0 Å². The van der Waals surface area contributed by atoms with Gasteiger partial charge < -0.3 is 5.73 Å². The second kappa shape index (κ2) is 6.19. The van der Waals surface area contributed by atoms with Gasteiger partial charge in [0.2, 0.25) is 10.0 Å². The Kier molecular flexibility index (Phi) is 5.07. The van der Waals surface area contributed by atoms with Crippen LogP contribution in [0.2, 0.25) is 0 Å². The van der Waals surface area contributed by atoms with Gasteiger partial charge >= 0.3 is 0 Å². The van der Waals surface area contributed by atoms with E-state index in [1.807, 2.05) is 13.8 Å². The molecule has 0 atom stereocenters. The Bertz CT molecular complexity index is 599. The molecule has 1 rings (SSSR count). The van der Waals surface area contributed by atoms with E-state index in [0.29, 0.717) is 12.5 Å². The van der Waals surface area contributed by atoms with Gasteiger partial charge in [0.1, 0.15) is 4.90 Å². The molecule has 0 saturated carbocycles. The molecule has 20 heavy (non-hydrogen) atoms. The van der Waals surface area contributed by atoms with Crippen LogP contribution >= 0.6 is 0 Å². The first-order valence-corrected chi connectivity index (χ1v) is 7.60. The van der Waals surface area contributed by atoms with Crippen molar-refractivity contribution in [1.82, 2.24) is 4.31 Å². The fourth-order valence-electron chi connectivity index (χ4n) is 1.61. The number of nitro benzene ring substituents is 1. The number of sulfonamides is 1. The lowest BCUT2D eigenvalue weighted by Crippen LogP contribution is -2.29. The number of non-ortho nitro benzene ring substituents is 1. The maximum atomic E-state index is 12.3. The van der Waals surface area contributed by atoms with E-state index in [1.165, 1.54) is 17.4 Å². The third-order valence-electron chi connectivity index (χ3n) is 2.91. The standard InChI is InChI=1S/C12H19N3O4S/c1-9(2)6-7-14(3)20(18,19)12-5-4-10(15(16)17)8-11(12)13/h4-5,8-9H,6-7,13H2,1-3H3. The van der Waals surface area contributed by atoms with Crippen LogP contribution in [0.1, 0.15) is 20.3 Å². The zero-order valence-corrected chi connectivity index (χ0v) is 12.6. The van der Waals surface area contributed by atoms with Crippen molar-refractivity contribution in [3.05, 3.63) is 28.3 Å². The largest absolute Gasteiger partial charge is 0.397 e. The van der Waals surface area contributed by atoms with Gasteiger partial charge in [-0.05, 0) is 18.4 Å². The summed E-state index contributed by atoms with van der Waals surface area (Å²) in [5.41, 5.74) is 5.28. The van der Waals surface area contributed by atoms with E-state index in [0.717, 1.165) is 18.6 Å². The highest BCUT2D eigenvalue weighted by Crippen LogP contribution is 2.26. The van der Waals surface area contributed by atoms with Gasteiger partial charge in [0.15, 0.2) is 0 Å². The zero-order valence-electron chi connectivity index (χ0n) is 11.7. The lowest BCUT2D eigenvalue weighted by Gasteiger charge is -2.19. The monoisotopic (exact) mass is 301 g/mol. The van der Waals surface area contributed by atoms with Gasteiger partial charge in [-0.3, -0.25) is 10.1 Å². The molecule has 0 aliphatic heterocycles. The van der Waals surface area contributed by atoms with Crippen molar-refractivity contribution >= 4 is 21.4 Å². The molecule has 0 fully saturated rings. The van der Waals surface area contributed by atoms with Gasteiger partial charge in [-0.1, -0.05) is 13.8 Å². The molecule has 1 aromatic carbocycles. The minimum atomic E-state index is -3.72. The predicted molar refractivity (Wildman–Crippen MR) is 76.8 cm³/mol. The molecule has 0 heterocycles. The summed E-state index contributed by atoms with van der Waals surface area (Å²) in [6.45, 7) is 4.37. The number of rotatable bonds is 6. The van der Waals surface area contributed by atoms with E-state index in [9.17, 15) is 18.5 Å². The molecule has 0 aliphatic carbocycles. The van der Waals surface area contributed by atoms with Crippen LogP contribution in [0.5, 0.6) is 0 Å². The third-order valence-corrected chi connectivity index (χ3v) is 4.84. The third kappa shape index (κ3) is 3.67. The molecule has 0 saturated heterocycles. The van der Waals surface area contributed by atoms with E-state index >= 15 is 0 Å². The van der Waals surface area contributed by atoms with Crippen LogP contribution in [-0.4, -0.2) is 31.2 Å². The molecule has 0 radical (unpaired) electrons. The number of nitrogen functional groups attached to an aromatic ring is 1. The fraction of sp³-hybridized carbons (Fsp3) is 0.500. The molecule has 0 aromatic heterocycles. The van der Waals surface area contributed by atoms with Crippen LogP contribution in [0.4, 0.5) is 11.4 Å². The SMILES string of the molecule is CC(C)CCN(C)S(=O)(=O)c1ccc([N+](=O)[O-])cc1N. The summed E-state index contributed by atoms with van der Waals surface area (Å²) < 4.78 is 25.9. The van der Waals surface area contributed by atoms with Crippen LogP contribution in [0.25, 0.3) is 0 Å². The summed E-state index contributed by atoms with van der Waals surface area (Å²) in [7, 11) is -2.25. The van der Waals surface area contributed by atoms with Crippen LogP contribution in [0.15, 0.2) is 23.1 Å². The molecular formula is C12H19N3O4S. The first-order chi connectivity index (χ1) is 9.16. The molecule has 0 amide bonds. The number of hydrogen-bond donors (Lipinski definition) is 1. The summed E-state index contributed by atoms with van der Waals surface area (Å²) in [6, 6.07) is 3.37. The van der Waals surface area contributed by atoms with Gasteiger partial charge in [0.25, 0.3) is 5.69 Å². The predicted octanol–water partition coefficient (Wildman–Crippen LogP) is 1.84. The van der Waals surface area contributed by atoms with E-state index in [2.05, 4.69) is 0 Å². The highest BCUT2D eigenvalue weighted by molar-refractivity contribution is 7.89. The van der Waals surface area contributed by atoms with Crippen LogP contribution in [0, 0.1) is 16.0 Å². The topological polar surface area (TPSA) is 107 Å². The minimum absolute atomic E-state index is 0.102. The highest BCUT2D eigenvalue weighted by atomic mass is 32.2. The van der Waals surface area contributed by atoms with Crippen molar-refractivity contribution in [2.75, 3.05) is 19.3 Å². The molecule has 112 valence electrons. The highest BCUT2D eigenvalue weighted by Gasteiger charge is 2.24. The van der Waals surface area contributed by atoms with Gasteiger partial charge in [-0.15, -0.1) is 0 Å². The first kappa shape index (κ1) is 16.4. The molecule has 2 N–H and O–H groups in total. The molecule has 0 aliphatic rings. The Labute approximate surface area is 118 Å². The quantitative estimate of drug-likeness (QED) is 0.490. The van der Waals surface area contributed by atoms with Crippen LogP contribution in [0.3, 0.4) is 0 Å². The van der Waals surface area contributed by atoms with Crippen molar-refractivity contribution in [2.24, 2.45) is 5.92 Å². The van der Waals surface area contributed by atoms with Crippen LogP contribution in [-0.2, 0) is 10.0 Å². The zero-order chi connectivity index (χ0) is 15.5. The average Bonchev–Trinajstić information content (AvgIpc) is 2.35. The van der Waals surface area contributed by atoms with Crippen molar-refractivity contribution in [3.63, 3.8) is 0 Å². The first-order valence-electron chi connectivity index (χ1n) is 6.16. The second-order valence-electron chi connectivity index (χ2n) is 4.99. The number of nitrogens with zero attached hydrogens (tertiary/aromatic N) is 2. The Morgan fingerprint density at radius 1 is 1.40 bits per heavy atom. The minimum Gasteiger partial charge on any atom is -0.397 e. The summed E-state index contributed by atoms with van der Waals surface area (Å²) in [5.74, 6) is 0.377. The number of nitro groups is 1. The van der Waals surface area contributed by atoms with Crippen molar-refractivity contribution in [3.8, 4) is 0 Å². The van der Waals surface area contributed by atoms with E-state index in [1.54, 1.807) is 0 Å². The number of nitrogens with two attached hydrogens (primary N) is 1. The smallest absolute Gasteiger partial charge is 0.271 e. The summed E-state index contributed by atoms with van der Waals surface area (Å²) in [4.78, 5) is 9.90. The Balaban J connectivity index is 3.06. The maximum absolute atomic E-state index is 12.3. The summed E-state index contributed by atoms with van der Waals surface area (Å²) in [5, 5.41) is 10.6. The molecule has 1 aromatic rings. The molecular weight excluding hydrogens is 282 g/mol. The van der Waals surface area contributed by atoms with Crippen molar-refractivity contribution in [1.29, 1.82) is 0 Å². The van der Waals surface area contributed by atoms with E-state index < -0.39 is 14.9 Å². The lowest BCUT2D eigenvalue weighted by molar-refractivity contribution is -0.384. The van der Waals surface area contributed by atoms with Crippen molar-refractivity contribution in [2.45, 2.75) is 25.2 Å². The Morgan fingerprint density at radius 3 is 2.45 bits per heavy atom. The molecule has 7 nitrogen and oxygen atoms in total. The maximum Gasteiger partial charge on any atom is 0.271 e. The van der Waals surface area contributed by atoms with Gasteiger partial charge in [0, 0.05) is 25.7 Å².